The fraction of sp³-hybridized carbons (Fsp3) is 0.158. The first-order valence-electron chi connectivity index (χ1n) is 7.85. The molecule has 1 heterocycles. The van der Waals surface area contributed by atoms with Crippen molar-refractivity contribution in [3.05, 3.63) is 60.3 Å². The minimum absolute atomic E-state index is 0.0201. The van der Waals surface area contributed by atoms with Crippen LogP contribution in [0.3, 0.4) is 0 Å². The Bertz CT molecular complexity index is 865. The molecule has 2 N–H and O–H groups in total. The van der Waals surface area contributed by atoms with E-state index in [0.29, 0.717) is 17.1 Å². The largest absolute Gasteiger partial charge is 0.484 e. The number of hydrogen-bond donors (Lipinski definition) is 2. The lowest BCUT2D eigenvalue weighted by Crippen LogP contribution is -2.27. The van der Waals surface area contributed by atoms with Crippen LogP contribution in [0, 0.1) is 0 Å². The van der Waals surface area contributed by atoms with E-state index in [4.69, 9.17) is 4.74 Å². The molecule has 0 aliphatic rings. The molecular weight excluding hydrogens is 318 g/mol. The van der Waals surface area contributed by atoms with E-state index in [9.17, 15) is 9.59 Å². The van der Waals surface area contributed by atoms with Gasteiger partial charge in [0.2, 0.25) is 0 Å². The first-order valence-corrected chi connectivity index (χ1v) is 7.85. The number of fused-ring (bicyclic) bond motifs is 1. The number of nitrogens with zero attached hydrogens (tertiary/aromatic N) is 1. The van der Waals surface area contributed by atoms with E-state index >= 15 is 0 Å². The molecule has 3 aromatic rings. The van der Waals surface area contributed by atoms with Crippen molar-refractivity contribution in [3.63, 3.8) is 0 Å². The number of hydrogen-bond acceptors (Lipinski definition) is 3. The van der Waals surface area contributed by atoms with Crippen molar-refractivity contribution in [2.45, 2.75) is 0 Å². The van der Waals surface area contributed by atoms with E-state index in [1.54, 1.807) is 38.4 Å². The number of aromatic nitrogens is 1. The summed E-state index contributed by atoms with van der Waals surface area (Å²) in [5.41, 5.74) is 2.06. The highest BCUT2D eigenvalue weighted by atomic mass is 16.5. The van der Waals surface area contributed by atoms with E-state index in [1.807, 2.05) is 30.3 Å². The third-order valence-corrected chi connectivity index (χ3v) is 3.75. The van der Waals surface area contributed by atoms with Gasteiger partial charge in [-0.25, -0.2) is 0 Å². The van der Waals surface area contributed by atoms with Gasteiger partial charge in [-0.05, 0) is 36.4 Å². The number of nitrogens with one attached hydrogen (secondary N) is 2. The van der Waals surface area contributed by atoms with Crippen molar-refractivity contribution in [1.29, 1.82) is 0 Å². The number of ether oxygens (including phenoxy) is 1. The molecule has 6 nitrogen and oxygen atoms in total. The Morgan fingerprint density at radius 3 is 2.48 bits per heavy atom. The van der Waals surface area contributed by atoms with Crippen molar-refractivity contribution in [2.75, 3.05) is 26.0 Å². The van der Waals surface area contributed by atoms with E-state index in [1.165, 1.54) is 4.90 Å². The average Bonchev–Trinajstić information content (AvgIpc) is 3.05. The van der Waals surface area contributed by atoms with Crippen LogP contribution in [-0.2, 0) is 4.79 Å². The van der Waals surface area contributed by atoms with E-state index in [2.05, 4.69) is 10.3 Å². The predicted octanol–water partition coefficient (Wildman–Crippen LogP) is 2.89. The second-order valence-corrected chi connectivity index (χ2v) is 5.83. The maximum absolute atomic E-state index is 12.3. The van der Waals surface area contributed by atoms with Crippen molar-refractivity contribution < 1.29 is 14.3 Å². The standard InChI is InChI=1S/C19H19N3O3/c1-22(2)18(23)12-25-15-9-7-14(8-10-15)20-19(24)17-11-13-5-3-4-6-16(13)21-17/h3-11,21H,12H2,1-2H3,(H,20,24). The molecule has 0 radical (unpaired) electrons. The number of likely N-dealkylation sites (N-methyl/N-ethyl adjacent to an activating group) is 1. The Morgan fingerprint density at radius 2 is 1.80 bits per heavy atom. The minimum Gasteiger partial charge on any atom is -0.484 e. The van der Waals surface area contributed by atoms with E-state index in [0.717, 1.165) is 10.9 Å². The smallest absolute Gasteiger partial charge is 0.272 e. The summed E-state index contributed by atoms with van der Waals surface area (Å²) in [5.74, 6) is 0.239. The van der Waals surface area contributed by atoms with Crippen LogP contribution in [0.5, 0.6) is 5.75 Å². The Labute approximate surface area is 145 Å². The van der Waals surface area contributed by atoms with Crippen molar-refractivity contribution >= 4 is 28.4 Å². The maximum Gasteiger partial charge on any atom is 0.272 e. The SMILES string of the molecule is CN(C)C(=O)COc1ccc(NC(=O)c2cc3ccccc3[nH]2)cc1. The van der Waals surface area contributed by atoms with Gasteiger partial charge in [0.1, 0.15) is 11.4 Å². The highest BCUT2D eigenvalue weighted by Gasteiger charge is 2.10. The fourth-order valence-electron chi connectivity index (χ4n) is 2.30. The average molecular weight is 337 g/mol. The van der Waals surface area contributed by atoms with Crippen molar-refractivity contribution in [1.82, 2.24) is 9.88 Å². The number of carbonyl (C=O) groups excluding carboxylic acids is 2. The number of anilines is 1. The molecule has 25 heavy (non-hydrogen) atoms. The number of para-hydroxylation sites is 1. The molecule has 0 atom stereocenters. The van der Waals surface area contributed by atoms with E-state index < -0.39 is 0 Å². The predicted molar refractivity (Wildman–Crippen MR) is 96.9 cm³/mol. The van der Waals surface area contributed by atoms with Crippen LogP contribution < -0.4 is 10.1 Å². The van der Waals surface area contributed by atoms with E-state index in [-0.39, 0.29) is 18.4 Å². The van der Waals surface area contributed by atoms with Crippen LogP contribution in [0.4, 0.5) is 5.69 Å². The molecule has 0 spiro atoms. The molecule has 0 saturated carbocycles. The number of benzene rings is 2. The van der Waals surface area contributed by atoms with Gasteiger partial charge >= 0.3 is 0 Å². The summed E-state index contributed by atoms with van der Waals surface area (Å²) in [6.07, 6.45) is 0. The number of carbonyl (C=O) groups is 2. The lowest BCUT2D eigenvalue weighted by Gasteiger charge is -2.11. The number of amides is 2. The monoisotopic (exact) mass is 337 g/mol. The zero-order valence-electron chi connectivity index (χ0n) is 14.1. The van der Waals surface area contributed by atoms with Gasteiger partial charge in [0.05, 0.1) is 0 Å². The van der Waals surface area contributed by atoms with Gasteiger partial charge in [-0.15, -0.1) is 0 Å². The van der Waals surface area contributed by atoms with Gasteiger partial charge in [0.15, 0.2) is 6.61 Å². The molecule has 2 amide bonds. The molecule has 0 saturated heterocycles. The maximum atomic E-state index is 12.3. The fourth-order valence-corrected chi connectivity index (χ4v) is 2.30. The van der Waals surface area contributed by atoms with Crippen LogP contribution >= 0.6 is 0 Å². The number of rotatable bonds is 5. The van der Waals surface area contributed by atoms with Gasteiger partial charge in [0, 0.05) is 30.7 Å². The summed E-state index contributed by atoms with van der Waals surface area (Å²) >= 11 is 0. The molecule has 0 unspecified atom stereocenters. The van der Waals surface area contributed by atoms with Crippen LogP contribution in [0.2, 0.25) is 0 Å². The van der Waals surface area contributed by atoms with Crippen LogP contribution in [0.15, 0.2) is 54.6 Å². The number of H-pyrrole nitrogens is 1. The van der Waals surface area contributed by atoms with Crippen LogP contribution in [0.1, 0.15) is 10.5 Å². The molecule has 1 aromatic heterocycles. The zero-order chi connectivity index (χ0) is 17.8. The normalized spacial score (nSPS) is 10.5. The molecule has 0 bridgehead atoms. The van der Waals surface area contributed by atoms with Gasteiger partial charge in [-0.1, -0.05) is 18.2 Å². The summed E-state index contributed by atoms with van der Waals surface area (Å²) < 4.78 is 5.40. The zero-order valence-corrected chi connectivity index (χ0v) is 14.1. The molecule has 128 valence electrons. The second-order valence-electron chi connectivity index (χ2n) is 5.83. The Morgan fingerprint density at radius 1 is 1.08 bits per heavy atom. The Balaban J connectivity index is 1.62. The van der Waals surface area contributed by atoms with Crippen LogP contribution in [0.25, 0.3) is 10.9 Å². The van der Waals surface area contributed by atoms with Crippen LogP contribution in [-0.4, -0.2) is 42.4 Å². The lowest BCUT2D eigenvalue weighted by atomic mass is 10.2. The summed E-state index contributed by atoms with van der Waals surface area (Å²) in [6, 6.07) is 16.4. The molecule has 3 rings (SSSR count). The summed E-state index contributed by atoms with van der Waals surface area (Å²) in [7, 11) is 3.35. The van der Waals surface area contributed by atoms with Gasteiger partial charge in [-0.3, -0.25) is 9.59 Å². The molecule has 6 heteroatoms. The molecule has 0 aliphatic heterocycles. The van der Waals surface area contributed by atoms with Crippen molar-refractivity contribution in [2.24, 2.45) is 0 Å². The quantitative estimate of drug-likeness (QED) is 0.752. The van der Waals surface area contributed by atoms with Gasteiger partial charge in [-0.2, -0.15) is 0 Å². The molecule has 0 fully saturated rings. The second kappa shape index (κ2) is 7.09. The third-order valence-electron chi connectivity index (χ3n) is 3.75. The summed E-state index contributed by atoms with van der Waals surface area (Å²) in [4.78, 5) is 28.4. The molecule has 0 aliphatic carbocycles. The van der Waals surface area contributed by atoms with Gasteiger partial charge in [0.25, 0.3) is 11.8 Å². The highest BCUT2D eigenvalue weighted by Crippen LogP contribution is 2.18. The summed E-state index contributed by atoms with van der Waals surface area (Å²) in [5, 5.41) is 3.82. The first kappa shape index (κ1) is 16.6. The lowest BCUT2D eigenvalue weighted by molar-refractivity contribution is -0.130. The Kier molecular flexibility index (Phi) is 4.70. The summed E-state index contributed by atoms with van der Waals surface area (Å²) in [6.45, 7) is -0.0201. The minimum atomic E-state index is -0.215. The Hall–Kier alpha value is -3.28. The molecular formula is C19H19N3O3. The first-order chi connectivity index (χ1) is 12.0. The third kappa shape index (κ3) is 3.98. The highest BCUT2D eigenvalue weighted by molar-refractivity contribution is 6.05. The van der Waals surface area contributed by atoms with Gasteiger partial charge < -0.3 is 19.9 Å². The van der Waals surface area contributed by atoms with Crippen molar-refractivity contribution in [3.8, 4) is 5.75 Å². The molecule has 2 aromatic carbocycles. The number of aromatic amines is 1. The topological polar surface area (TPSA) is 74.4 Å².